The van der Waals surface area contributed by atoms with E-state index < -0.39 is 5.41 Å². The van der Waals surface area contributed by atoms with Gasteiger partial charge in [-0.05, 0) is 43.4 Å². The topological polar surface area (TPSA) is 50.1 Å². The molecule has 0 aromatic rings. The van der Waals surface area contributed by atoms with E-state index in [0.29, 0.717) is 18.9 Å². The Balaban J connectivity index is 5.80. The van der Waals surface area contributed by atoms with Crippen LogP contribution in [0, 0.1) is 34.0 Å². The highest BCUT2D eigenvalue weighted by Crippen LogP contribution is 2.50. The van der Waals surface area contributed by atoms with Crippen LogP contribution in [0.1, 0.15) is 67.7 Å². The second-order valence-electron chi connectivity index (χ2n) is 6.85. The maximum absolute atomic E-state index is 12.6. The number of hydrogen-bond donors (Lipinski definition) is 0. The van der Waals surface area contributed by atoms with Gasteiger partial charge in [0.25, 0.3) is 0 Å². The molecule has 0 aliphatic rings. The summed E-state index contributed by atoms with van der Waals surface area (Å²) < 4.78 is 5.27. The van der Waals surface area contributed by atoms with Gasteiger partial charge in [-0.1, -0.05) is 41.5 Å². The molecule has 0 aliphatic carbocycles. The van der Waals surface area contributed by atoms with Gasteiger partial charge in [0.05, 0.1) is 12.7 Å². The molecule has 0 amide bonds. The predicted octanol–water partition coefficient (Wildman–Crippen LogP) is 4.57. The van der Waals surface area contributed by atoms with Crippen molar-refractivity contribution in [1.82, 2.24) is 0 Å². The van der Waals surface area contributed by atoms with Crippen LogP contribution in [0.3, 0.4) is 0 Å². The molecule has 0 heterocycles. The molecule has 0 rings (SSSR count). The largest absolute Gasteiger partial charge is 0.465 e. The van der Waals surface area contributed by atoms with Crippen LogP contribution in [0.15, 0.2) is 0 Å². The van der Waals surface area contributed by atoms with Crippen molar-refractivity contribution >= 4 is 5.97 Å². The predicted molar refractivity (Wildman–Crippen MR) is 82.0 cm³/mol. The van der Waals surface area contributed by atoms with Crippen molar-refractivity contribution in [3.8, 4) is 6.07 Å². The highest BCUT2D eigenvalue weighted by Gasteiger charge is 2.54. The van der Waals surface area contributed by atoms with E-state index in [0.717, 1.165) is 12.8 Å². The number of nitriles is 1. The molecule has 0 aliphatic heterocycles. The first-order valence-corrected chi connectivity index (χ1v) is 7.77. The van der Waals surface area contributed by atoms with Crippen molar-refractivity contribution in [2.45, 2.75) is 67.7 Å². The maximum Gasteiger partial charge on any atom is 0.327 e. The SMILES string of the molecule is CCOC(=O)C(C#N)(CC(C)C)C(C)(CC)CC(C)C. The molecule has 0 spiro atoms. The molecule has 20 heavy (non-hydrogen) atoms. The zero-order valence-corrected chi connectivity index (χ0v) is 14.2. The first-order valence-electron chi connectivity index (χ1n) is 7.77. The van der Waals surface area contributed by atoms with E-state index in [9.17, 15) is 10.1 Å². The van der Waals surface area contributed by atoms with Gasteiger partial charge in [-0.15, -0.1) is 0 Å². The molecule has 0 aromatic heterocycles. The number of hydrogen-bond acceptors (Lipinski definition) is 3. The van der Waals surface area contributed by atoms with Gasteiger partial charge in [-0.2, -0.15) is 5.26 Å². The van der Waals surface area contributed by atoms with E-state index in [1.54, 1.807) is 6.92 Å². The van der Waals surface area contributed by atoms with Gasteiger partial charge in [0.1, 0.15) is 0 Å². The molecule has 2 unspecified atom stereocenters. The normalized spacial score (nSPS) is 17.4. The standard InChI is InChI=1S/C17H31NO2/c1-8-16(7,10-13(3)4)17(12-18,11-14(5)6)15(19)20-9-2/h13-14H,8-11H2,1-7H3. The minimum Gasteiger partial charge on any atom is -0.465 e. The van der Waals surface area contributed by atoms with Crippen LogP contribution in [0.25, 0.3) is 0 Å². The van der Waals surface area contributed by atoms with E-state index in [2.05, 4.69) is 47.6 Å². The Morgan fingerprint density at radius 3 is 1.95 bits per heavy atom. The third kappa shape index (κ3) is 3.98. The van der Waals surface area contributed by atoms with Crippen LogP contribution in [0.5, 0.6) is 0 Å². The first-order chi connectivity index (χ1) is 9.19. The third-order valence-corrected chi connectivity index (χ3v) is 4.20. The molecular weight excluding hydrogens is 250 g/mol. The Morgan fingerprint density at radius 1 is 1.15 bits per heavy atom. The summed E-state index contributed by atoms with van der Waals surface area (Å²) in [6.07, 6.45) is 2.20. The zero-order valence-electron chi connectivity index (χ0n) is 14.2. The number of nitrogens with zero attached hydrogens (tertiary/aromatic N) is 1. The van der Waals surface area contributed by atoms with Crippen LogP contribution in [0.2, 0.25) is 0 Å². The lowest BCUT2D eigenvalue weighted by atomic mass is 9.57. The van der Waals surface area contributed by atoms with Gasteiger partial charge in [0.15, 0.2) is 5.41 Å². The van der Waals surface area contributed by atoms with Gasteiger partial charge >= 0.3 is 5.97 Å². The number of carbonyl (C=O) groups excluding carboxylic acids is 1. The smallest absolute Gasteiger partial charge is 0.327 e. The Labute approximate surface area is 124 Å². The van der Waals surface area contributed by atoms with Crippen molar-refractivity contribution in [1.29, 1.82) is 5.26 Å². The summed E-state index contributed by atoms with van der Waals surface area (Å²) in [7, 11) is 0. The van der Waals surface area contributed by atoms with E-state index >= 15 is 0 Å². The van der Waals surface area contributed by atoms with Crippen molar-refractivity contribution in [3.63, 3.8) is 0 Å². The van der Waals surface area contributed by atoms with Crippen molar-refractivity contribution in [3.05, 3.63) is 0 Å². The molecule has 0 N–H and O–H groups in total. The van der Waals surface area contributed by atoms with Crippen LogP contribution in [-0.4, -0.2) is 12.6 Å². The van der Waals surface area contributed by atoms with Crippen molar-refractivity contribution < 1.29 is 9.53 Å². The second kappa shape index (κ2) is 7.67. The van der Waals surface area contributed by atoms with Gasteiger partial charge < -0.3 is 4.74 Å². The summed E-state index contributed by atoms with van der Waals surface area (Å²) in [6, 6.07) is 2.35. The van der Waals surface area contributed by atoms with E-state index in [4.69, 9.17) is 4.74 Å². The molecule has 0 saturated heterocycles. The van der Waals surface area contributed by atoms with Gasteiger partial charge in [-0.25, -0.2) is 0 Å². The van der Waals surface area contributed by atoms with E-state index in [1.807, 2.05) is 0 Å². The first kappa shape index (κ1) is 19.0. The highest BCUT2D eigenvalue weighted by molar-refractivity contribution is 5.81. The van der Waals surface area contributed by atoms with Crippen LogP contribution in [0.4, 0.5) is 0 Å². The van der Waals surface area contributed by atoms with Crippen LogP contribution >= 0.6 is 0 Å². The maximum atomic E-state index is 12.6. The lowest BCUT2D eigenvalue weighted by Gasteiger charge is -2.43. The van der Waals surface area contributed by atoms with Gasteiger partial charge in [0, 0.05) is 0 Å². The fourth-order valence-electron chi connectivity index (χ4n) is 3.19. The molecular formula is C17H31NO2. The minimum absolute atomic E-state index is 0.275. The summed E-state index contributed by atoms with van der Waals surface area (Å²) in [5, 5.41) is 9.85. The lowest BCUT2D eigenvalue weighted by molar-refractivity contribution is -0.161. The molecule has 3 heteroatoms. The number of rotatable bonds is 8. The van der Waals surface area contributed by atoms with E-state index in [1.165, 1.54) is 0 Å². The zero-order chi connectivity index (χ0) is 16.0. The third-order valence-electron chi connectivity index (χ3n) is 4.20. The number of esters is 1. The summed E-state index contributed by atoms with van der Waals surface area (Å²) in [6.45, 7) is 14.6. The Morgan fingerprint density at radius 2 is 1.65 bits per heavy atom. The summed E-state index contributed by atoms with van der Waals surface area (Å²) in [4.78, 5) is 12.6. The van der Waals surface area contributed by atoms with Crippen LogP contribution in [-0.2, 0) is 9.53 Å². The fourth-order valence-corrected chi connectivity index (χ4v) is 3.19. The summed E-state index contributed by atoms with van der Waals surface area (Å²) in [5.74, 6) is 0.368. The molecule has 0 aromatic carbocycles. The second-order valence-corrected chi connectivity index (χ2v) is 6.85. The number of carbonyl (C=O) groups is 1. The molecule has 0 fully saturated rings. The molecule has 0 radical (unpaired) electrons. The van der Waals surface area contributed by atoms with Gasteiger partial charge in [0.2, 0.25) is 0 Å². The molecule has 3 nitrogen and oxygen atoms in total. The van der Waals surface area contributed by atoms with E-state index in [-0.39, 0.29) is 17.3 Å². The fraction of sp³-hybridized carbons (Fsp3) is 0.882. The average Bonchev–Trinajstić information content (AvgIpc) is 2.34. The Kier molecular flexibility index (Phi) is 7.27. The molecule has 0 bridgehead atoms. The molecule has 0 saturated carbocycles. The molecule has 2 atom stereocenters. The van der Waals surface area contributed by atoms with Gasteiger partial charge in [-0.3, -0.25) is 4.79 Å². The Hall–Kier alpha value is -1.04. The lowest BCUT2D eigenvalue weighted by Crippen LogP contribution is -2.47. The Bertz CT molecular complexity index is 356. The minimum atomic E-state index is -1.05. The summed E-state index contributed by atoms with van der Waals surface area (Å²) >= 11 is 0. The highest BCUT2D eigenvalue weighted by atomic mass is 16.5. The van der Waals surface area contributed by atoms with Crippen LogP contribution < -0.4 is 0 Å². The average molecular weight is 281 g/mol. The quantitative estimate of drug-likeness (QED) is 0.612. The molecule has 116 valence electrons. The van der Waals surface area contributed by atoms with Crippen molar-refractivity contribution in [2.24, 2.45) is 22.7 Å². The monoisotopic (exact) mass is 281 g/mol. The summed E-state index contributed by atoms with van der Waals surface area (Å²) in [5.41, 5.74) is -1.40. The number of ether oxygens (including phenoxy) is 1. The van der Waals surface area contributed by atoms with Crippen molar-refractivity contribution in [2.75, 3.05) is 6.61 Å².